The van der Waals surface area contributed by atoms with Gasteiger partial charge < -0.3 is 41.1 Å². The summed E-state index contributed by atoms with van der Waals surface area (Å²) in [6.07, 6.45) is -3.84. The lowest BCUT2D eigenvalue weighted by atomic mass is 9.80. The predicted molar refractivity (Wildman–Crippen MR) is 236 cm³/mol. The van der Waals surface area contributed by atoms with Crippen molar-refractivity contribution in [3.63, 3.8) is 0 Å². The van der Waals surface area contributed by atoms with E-state index >= 15 is 0 Å². The van der Waals surface area contributed by atoms with Crippen LogP contribution in [0.5, 0.6) is 0 Å². The Morgan fingerprint density at radius 2 is 1.70 bits per heavy atom. The van der Waals surface area contributed by atoms with E-state index in [0.717, 1.165) is 11.3 Å². The third-order valence-electron chi connectivity index (χ3n) is 13.2. The smallest absolute Gasteiger partial charge is 0.373 e. The van der Waals surface area contributed by atoms with Crippen LogP contribution in [0.1, 0.15) is 110 Å². The SMILES string of the molecule is CCCN1C(=O)[C@H](CC(C)C)NC(=O)C(N(C)C(=O)[C@H](CC2CCC2)NC(=O)[C@@H]2C[C@@H](F)CN2C(=O)[C@@](C)(O)C(F)(F)F)CCCCNC(=O)C2(CC2)NC(=O)C1Cc1cc(Cl)ccc1Cl. The first-order valence-corrected chi connectivity index (χ1v) is 23.6. The van der Waals surface area contributed by atoms with Crippen LogP contribution in [0.25, 0.3) is 0 Å². The Bertz CT molecular complexity index is 1980. The molecule has 2 aliphatic heterocycles. The molecule has 0 bridgehead atoms. The average Bonchev–Trinajstić information content (AvgIpc) is 3.90. The molecule has 1 aromatic rings. The Balaban J connectivity index is 1.47. The number of amides is 7. The van der Waals surface area contributed by atoms with Gasteiger partial charge >= 0.3 is 6.18 Å². The van der Waals surface area contributed by atoms with E-state index in [1.165, 1.54) is 11.9 Å². The second-order valence-corrected chi connectivity index (χ2v) is 19.8. The van der Waals surface area contributed by atoms with Crippen molar-refractivity contribution in [3.8, 4) is 0 Å². The van der Waals surface area contributed by atoms with E-state index in [4.69, 9.17) is 23.2 Å². The van der Waals surface area contributed by atoms with Crippen molar-refractivity contribution in [2.45, 2.75) is 165 Å². The number of halogens is 6. The molecule has 15 nitrogen and oxygen atoms in total. The molecule has 66 heavy (non-hydrogen) atoms. The molecule has 2 aliphatic carbocycles. The van der Waals surface area contributed by atoms with Gasteiger partial charge in [-0.15, -0.1) is 0 Å². The topological polar surface area (TPSA) is 198 Å². The minimum Gasteiger partial charge on any atom is -0.373 e. The summed E-state index contributed by atoms with van der Waals surface area (Å²) in [6.45, 7) is 5.08. The number of alkyl halides is 4. The molecule has 21 heteroatoms. The molecule has 1 spiro atoms. The number of rotatable bonds is 13. The average molecular weight is 977 g/mol. The Labute approximate surface area is 392 Å². The number of carbonyl (C=O) groups is 7. The van der Waals surface area contributed by atoms with Gasteiger partial charge in [0.2, 0.25) is 41.0 Å². The molecule has 0 radical (unpaired) electrons. The highest BCUT2D eigenvalue weighted by Gasteiger charge is 2.60. The molecule has 7 atom stereocenters. The monoisotopic (exact) mass is 975 g/mol. The molecule has 5 N–H and O–H groups in total. The zero-order valence-corrected chi connectivity index (χ0v) is 39.6. The van der Waals surface area contributed by atoms with Crippen LogP contribution < -0.4 is 21.3 Å². The summed E-state index contributed by atoms with van der Waals surface area (Å²) in [6, 6.07) is -2.06. The first-order chi connectivity index (χ1) is 30.9. The summed E-state index contributed by atoms with van der Waals surface area (Å²) in [5.74, 6) is -6.29. The molecule has 4 aliphatic rings. The highest BCUT2D eigenvalue weighted by atomic mass is 35.5. The van der Waals surface area contributed by atoms with E-state index in [-0.39, 0.29) is 57.5 Å². The molecular weight excluding hydrogens is 913 g/mol. The van der Waals surface area contributed by atoms with Crippen molar-refractivity contribution in [1.29, 1.82) is 0 Å². The number of hydrogen-bond donors (Lipinski definition) is 5. The van der Waals surface area contributed by atoms with Crippen molar-refractivity contribution in [2.75, 3.05) is 26.7 Å². The van der Waals surface area contributed by atoms with Crippen LogP contribution in [0.2, 0.25) is 10.0 Å². The number of benzene rings is 1. The maximum absolute atomic E-state index is 14.9. The third kappa shape index (κ3) is 12.4. The summed E-state index contributed by atoms with van der Waals surface area (Å²) >= 11 is 12.9. The van der Waals surface area contributed by atoms with Crippen molar-refractivity contribution in [2.24, 2.45) is 11.8 Å². The van der Waals surface area contributed by atoms with Crippen LogP contribution in [0.3, 0.4) is 0 Å². The summed E-state index contributed by atoms with van der Waals surface area (Å²) in [5.41, 5.74) is -4.65. The zero-order valence-electron chi connectivity index (χ0n) is 38.1. The molecule has 2 saturated heterocycles. The number of nitrogens with one attached hydrogen (secondary N) is 4. The van der Waals surface area contributed by atoms with Gasteiger partial charge in [0.25, 0.3) is 5.91 Å². The lowest BCUT2D eigenvalue weighted by molar-refractivity contribution is -0.250. The normalized spacial score (nSPS) is 25.9. The fraction of sp³-hybridized carbons (Fsp3) is 0.711. The molecular formula is C45H63Cl2F4N7O8. The molecule has 4 fully saturated rings. The van der Waals surface area contributed by atoms with Crippen LogP contribution >= 0.6 is 23.2 Å². The maximum Gasteiger partial charge on any atom is 0.426 e. The van der Waals surface area contributed by atoms with Gasteiger partial charge in [-0.25, -0.2) is 4.39 Å². The molecule has 368 valence electrons. The van der Waals surface area contributed by atoms with Gasteiger partial charge in [0.15, 0.2) is 0 Å². The summed E-state index contributed by atoms with van der Waals surface area (Å²) in [7, 11) is 1.35. The van der Waals surface area contributed by atoms with E-state index in [1.54, 1.807) is 18.2 Å². The molecule has 2 heterocycles. The van der Waals surface area contributed by atoms with Crippen molar-refractivity contribution in [3.05, 3.63) is 33.8 Å². The molecule has 2 unspecified atom stereocenters. The minimum atomic E-state index is -5.43. The first-order valence-electron chi connectivity index (χ1n) is 22.9. The number of likely N-dealkylation sites (tertiary alicyclic amines) is 1. The second kappa shape index (κ2) is 21.8. The van der Waals surface area contributed by atoms with Crippen LogP contribution in [-0.2, 0) is 40.0 Å². The Morgan fingerprint density at radius 1 is 1.02 bits per heavy atom. The standard InChI is InChI=1S/C45H63Cl2F4N7O8/c1-6-18-57-34(22-27-21-28(46)13-14-30(27)47)38(61)55-44(15-16-44)41(64)52-17-8-7-12-33(36(59)53-31(40(57)63)19-25(2)3)56(5)39(62)32(20-26-10-9-11-26)54-37(60)35-23-29(48)24-58(35)42(65)43(4,66)45(49,50)51/h13-14,21,25-26,29,31-35,66H,6-12,15-20,22-24H2,1-5H3,(H,52,64)(H,53,59)(H,54,60)(H,55,61)/t29-,31+,32+,33?,34?,35+,43-/m1/s1. The second-order valence-electron chi connectivity index (χ2n) is 18.9. The summed E-state index contributed by atoms with van der Waals surface area (Å²) < 4.78 is 55.9. The van der Waals surface area contributed by atoms with Gasteiger partial charge in [-0.1, -0.05) is 63.2 Å². The van der Waals surface area contributed by atoms with Crippen LogP contribution in [0.4, 0.5) is 17.6 Å². The van der Waals surface area contributed by atoms with Gasteiger partial charge in [0.05, 0.1) is 6.54 Å². The fourth-order valence-electron chi connectivity index (χ4n) is 8.87. The van der Waals surface area contributed by atoms with E-state index in [2.05, 4.69) is 21.3 Å². The number of aliphatic hydroxyl groups is 1. The fourth-order valence-corrected chi connectivity index (χ4v) is 9.26. The molecule has 5 rings (SSSR count). The highest BCUT2D eigenvalue weighted by Crippen LogP contribution is 2.37. The number of likely N-dealkylation sites (N-methyl/N-ethyl adjacent to an activating group) is 1. The predicted octanol–water partition coefficient (Wildman–Crippen LogP) is 4.38. The largest absolute Gasteiger partial charge is 0.426 e. The first kappa shape index (κ1) is 52.7. The Kier molecular flexibility index (Phi) is 17.4. The van der Waals surface area contributed by atoms with E-state index in [9.17, 15) is 56.2 Å². The summed E-state index contributed by atoms with van der Waals surface area (Å²) in [4.78, 5) is 102. The highest BCUT2D eigenvalue weighted by molar-refractivity contribution is 6.33. The van der Waals surface area contributed by atoms with Gasteiger partial charge in [-0.05, 0) is 93.9 Å². The number of nitrogens with zero attached hydrogens (tertiary/aromatic N) is 3. The van der Waals surface area contributed by atoms with Gasteiger partial charge in [-0.3, -0.25) is 33.6 Å². The van der Waals surface area contributed by atoms with E-state index < -0.39 is 108 Å². The molecule has 0 aromatic heterocycles. The lowest BCUT2D eigenvalue weighted by Gasteiger charge is -2.37. The summed E-state index contributed by atoms with van der Waals surface area (Å²) in [5, 5.41) is 22.0. The van der Waals surface area contributed by atoms with Gasteiger partial charge in [-0.2, -0.15) is 13.2 Å². The van der Waals surface area contributed by atoms with Crippen molar-refractivity contribution in [1.82, 2.24) is 36.0 Å². The molecule has 1 aromatic carbocycles. The number of carbonyl (C=O) groups excluding carboxylic acids is 7. The van der Waals surface area contributed by atoms with Crippen LogP contribution in [0.15, 0.2) is 18.2 Å². The third-order valence-corrected chi connectivity index (χ3v) is 13.8. The van der Waals surface area contributed by atoms with Gasteiger partial charge in [0, 0.05) is 43.0 Å². The number of hydrogen-bond acceptors (Lipinski definition) is 8. The quantitative estimate of drug-likeness (QED) is 0.180. The van der Waals surface area contributed by atoms with E-state index in [0.29, 0.717) is 65.5 Å². The van der Waals surface area contributed by atoms with Gasteiger partial charge in [0.1, 0.15) is 41.9 Å². The Morgan fingerprint density at radius 3 is 2.29 bits per heavy atom. The van der Waals surface area contributed by atoms with E-state index in [1.807, 2.05) is 20.8 Å². The lowest BCUT2D eigenvalue weighted by Crippen LogP contribution is -2.62. The van der Waals surface area contributed by atoms with Crippen molar-refractivity contribution < 1.29 is 56.2 Å². The zero-order chi connectivity index (χ0) is 48.9. The van der Waals surface area contributed by atoms with Crippen molar-refractivity contribution >= 4 is 64.6 Å². The van der Waals surface area contributed by atoms with Crippen LogP contribution in [-0.4, -0.2) is 142 Å². The minimum absolute atomic E-state index is 0.0357. The maximum atomic E-state index is 14.9. The molecule has 2 saturated carbocycles. The van der Waals surface area contributed by atoms with Crippen LogP contribution in [0, 0.1) is 11.8 Å². The molecule has 7 amide bonds. The Hall–Kier alpha value is -4.23.